The molecule has 1 saturated heterocycles. The van der Waals surface area contributed by atoms with Crippen molar-refractivity contribution in [3.8, 4) is 0 Å². The molecule has 1 fully saturated rings. The van der Waals surface area contributed by atoms with Crippen LogP contribution in [0.25, 0.3) is 0 Å². The highest BCUT2D eigenvalue weighted by molar-refractivity contribution is 7.91. The smallest absolute Gasteiger partial charge is 0.253 e. The van der Waals surface area contributed by atoms with Crippen molar-refractivity contribution in [2.45, 2.75) is 18.9 Å². The number of rotatable bonds is 7. The molecule has 8 heteroatoms. The highest BCUT2D eigenvalue weighted by Gasteiger charge is 2.29. The molecule has 22 heavy (non-hydrogen) atoms. The molecule has 1 atom stereocenters. The number of amides is 1. The molecular formula is C14H21N3O4S. The molecule has 7 nitrogen and oxygen atoms in total. The minimum atomic E-state index is -3.00. The second kappa shape index (κ2) is 7.55. The molecule has 0 aromatic carbocycles. The van der Waals surface area contributed by atoms with E-state index in [1.54, 1.807) is 19.4 Å². The fourth-order valence-electron chi connectivity index (χ4n) is 2.29. The van der Waals surface area contributed by atoms with E-state index in [9.17, 15) is 13.2 Å². The lowest BCUT2D eigenvalue weighted by Gasteiger charge is -2.12. The summed E-state index contributed by atoms with van der Waals surface area (Å²) in [5.41, 5.74) is 1.17. The maximum atomic E-state index is 12.1. The minimum absolute atomic E-state index is 0.0150. The molecule has 1 aromatic heterocycles. The van der Waals surface area contributed by atoms with Gasteiger partial charge in [0.05, 0.1) is 22.8 Å². The van der Waals surface area contributed by atoms with E-state index in [1.807, 2.05) is 0 Å². The first kappa shape index (κ1) is 16.7. The van der Waals surface area contributed by atoms with E-state index in [2.05, 4.69) is 15.6 Å². The van der Waals surface area contributed by atoms with Crippen molar-refractivity contribution in [2.75, 3.05) is 37.1 Å². The van der Waals surface area contributed by atoms with Gasteiger partial charge >= 0.3 is 0 Å². The predicted molar refractivity (Wildman–Crippen MR) is 83.7 cm³/mol. The van der Waals surface area contributed by atoms with Crippen LogP contribution in [-0.2, 0) is 14.6 Å². The van der Waals surface area contributed by atoms with Gasteiger partial charge in [0.2, 0.25) is 0 Å². The summed E-state index contributed by atoms with van der Waals surface area (Å²) in [4.78, 5) is 16.2. The quantitative estimate of drug-likeness (QED) is 0.706. The van der Waals surface area contributed by atoms with E-state index in [0.29, 0.717) is 18.6 Å². The molecule has 0 aliphatic carbocycles. The van der Waals surface area contributed by atoms with Gasteiger partial charge in [-0.05, 0) is 18.9 Å². The first-order chi connectivity index (χ1) is 10.5. The summed E-state index contributed by atoms with van der Waals surface area (Å²) >= 11 is 0. The van der Waals surface area contributed by atoms with Crippen LogP contribution in [0.4, 0.5) is 5.69 Å². The van der Waals surface area contributed by atoms with E-state index in [1.165, 1.54) is 6.20 Å². The van der Waals surface area contributed by atoms with Crippen LogP contribution in [0.1, 0.15) is 23.2 Å². The Bertz CT molecular complexity index is 618. The molecule has 1 aliphatic heterocycles. The second-order valence-electron chi connectivity index (χ2n) is 5.31. The monoisotopic (exact) mass is 327 g/mol. The van der Waals surface area contributed by atoms with Gasteiger partial charge in [-0.25, -0.2) is 8.42 Å². The summed E-state index contributed by atoms with van der Waals surface area (Å²) in [7, 11) is -1.35. The summed E-state index contributed by atoms with van der Waals surface area (Å²) < 4.78 is 27.8. The Morgan fingerprint density at radius 3 is 2.95 bits per heavy atom. The highest BCUT2D eigenvalue weighted by atomic mass is 32.2. The number of ether oxygens (including phenoxy) is 1. The first-order valence-electron chi connectivity index (χ1n) is 7.19. The van der Waals surface area contributed by atoms with Crippen LogP contribution in [0, 0.1) is 0 Å². The topological polar surface area (TPSA) is 97.4 Å². The van der Waals surface area contributed by atoms with Crippen LogP contribution in [0.2, 0.25) is 0 Å². The number of nitrogens with one attached hydrogen (secondary N) is 2. The summed E-state index contributed by atoms with van der Waals surface area (Å²) in [5, 5.41) is 5.91. The van der Waals surface area contributed by atoms with Crippen LogP contribution in [0.5, 0.6) is 0 Å². The Morgan fingerprint density at radius 2 is 2.27 bits per heavy atom. The Balaban J connectivity index is 1.90. The van der Waals surface area contributed by atoms with E-state index in [0.717, 1.165) is 18.7 Å². The van der Waals surface area contributed by atoms with Crippen LogP contribution >= 0.6 is 0 Å². The summed E-state index contributed by atoms with van der Waals surface area (Å²) in [6.07, 6.45) is 4.44. The molecule has 2 heterocycles. The lowest BCUT2D eigenvalue weighted by molar-refractivity contribution is 0.0941. The van der Waals surface area contributed by atoms with E-state index in [-0.39, 0.29) is 23.5 Å². The van der Waals surface area contributed by atoms with Crippen molar-refractivity contribution >= 4 is 21.4 Å². The van der Waals surface area contributed by atoms with Crippen LogP contribution in [0.15, 0.2) is 18.5 Å². The maximum absolute atomic E-state index is 12.1. The third-order valence-electron chi connectivity index (χ3n) is 3.42. The number of sulfone groups is 1. The number of hydrogen-bond donors (Lipinski definition) is 2. The predicted octanol–water partition coefficient (Wildman–Crippen LogP) is 0.447. The fourth-order valence-corrected chi connectivity index (χ4v) is 3.96. The standard InChI is InChI=1S/C14H21N3O4S/c1-21-5-2-4-16-13-7-11(8-15-9-13)14(18)17-12-3-6-22(19,20)10-12/h7-9,12,16H,2-6,10H2,1H3,(H,17,18). The number of carbonyl (C=O) groups is 1. The first-order valence-corrected chi connectivity index (χ1v) is 9.01. The fraction of sp³-hybridized carbons (Fsp3) is 0.571. The molecular weight excluding hydrogens is 306 g/mol. The van der Waals surface area contributed by atoms with Crippen molar-refractivity contribution in [1.82, 2.24) is 10.3 Å². The molecule has 1 aromatic rings. The van der Waals surface area contributed by atoms with Gasteiger partial charge in [0.15, 0.2) is 9.84 Å². The second-order valence-corrected chi connectivity index (χ2v) is 7.54. The molecule has 1 aliphatic rings. The number of hydrogen-bond acceptors (Lipinski definition) is 6. The number of nitrogens with zero attached hydrogens (tertiary/aromatic N) is 1. The molecule has 0 bridgehead atoms. The van der Waals surface area contributed by atoms with E-state index < -0.39 is 9.84 Å². The largest absolute Gasteiger partial charge is 0.385 e. The zero-order valence-electron chi connectivity index (χ0n) is 12.5. The third-order valence-corrected chi connectivity index (χ3v) is 5.19. The Morgan fingerprint density at radius 1 is 1.45 bits per heavy atom. The van der Waals surface area contributed by atoms with Crippen molar-refractivity contribution in [1.29, 1.82) is 0 Å². The van der Waals surface area contributed by atoms with E-state index >= 15 is 0 Å². The highest BCUT2D eigenvalue weighted by Crippen LogP contribution is 2.13. The van der Waals surface area contributed by atoms with Gasteiger partial charge in [-0.2, -0.15) is 0 Å². The van der Waals surface area contributed by atoms with Gasteiger partial charge in [-0.1, -0.05) is 0 Å². The molecule has 0 radical (unpaired) electrons. The lowest BCUT2D eigenvalue weighted by Crippen LogP contribution is -2.35. The van der Waals surface area contributed by atoms with Gasteiger partial charge in [0.25, 0.3) is 5.91 Å². The Labute approximate surface area is 130 Å². The zero-order valence-corrected chi connectivity index (χ0v) is 13.4. The molecule has 2 N–H and O–H groups in total. The zero-order chi connectivity index (χ0) is 16.0. The van der Waals surface area contributed by atoms with Gasteiger partial charge in [0.1, 0.15) is 0 Å². The van der Waals surface area contributed by atoms with Crippen LogP contribution in [-0.4, -0.2) is 57.1 Å². The lowest BCUT2D eigenvalue weighted by atomic mass is 10.2. The SMILES string of the molecule is COCCCNc1cncc(C(=O)NC2CCS(=O)(=O)C2)c1. The van der Waals surface area contributed by atoms with Crippen molar-refractivity contribution in [3.05, 3.63) is 24.0 Å². The number of anilines is 1. The third kappa shape index (κ3) is 4.96. The van der Waals surface area contributed by atoms with Gasteiger partial charge < -0.3 is 15.4 Å². The summed E-state index contributed by atoms with van der Waals surface area (Å²) in [6.45, 7) is 1.39. The average Bonchev–Trinajstić information content (AvgIpc) is 2.83. The van der Waals surface area contributed by atoms with Crippen molar-refractivity contribution in [2.24, 2.45) is 0 Å². The summed E-state index contributed by atoms with van der Waals surface area (Å²) in [5.74, 6) is -0.145. The van der Waals surface area contributed by atoms with E-state index in [4.69, 9.17) is 4.74 Å². The molecule has 0 saturated carbocycles. The minimum Gasteiger partial charge on any atom is -0.385 e. The van der Waals surface area contributed by atoms with Crippen LogP contribution < -0.4 is 10.6 Å². The van der Waals surface area contributed by atoms with Gasteiger partial charge in [-0.15, -0.1) is 0 Å². The average molecular weight is 327 g/mol. The molecule has 1 unspecified atom stereocenters. The van der Waals surface area contributed by atoms with Crippen molar-refractivity contribution < 1.29 is 17.9 Å². The van der Waals surface area contributed by atoms with Crippen molar-refractivity contribution in [3.63, 3.8) is 0 Å². The van der Waals surface area contributed by atoms with Gasteiger partial charge in [-0.3, -0.25) is 9.78 Å². The Hall–Kier alpha value is -1.67. The summed E-state index contributed by atoms with van der Waals surface area (Å²) in [6, 6.07) is 1.40. The van der Waals surface area contributed by atoms with Crippen LogP contribution in [0.3, 0.4) is 0 Å². The molecule has 0 spiro atoms. The number of pyridine rings is 1. The molecule has 1 amide bonds. The molecule has 122 valence electrons. The van der Waals surface area contributed by atoms with Gasteiger partial charge in [0, 0.05) is 38.7 Å². The normalized spacial score (nSPS) is 19.8. The molecule has 2 rings (SSSR count). The Kier molecular flexibility index (Phi) is 5.73. The maximum Gasteiger partial charge on any atom is 0.253 e. The number of aromatic nitrogens is 1. The number of carbonyl (C=O) groups excluding carboxylic acids is 1. The number of methoxy groups -OCH3 is 1.